The van der Waals surface area contributed by atoms with Gasteiger partial charge in [-0.05, 0) is 35.9 Å². The van der Waals surface area contributed by atoms with Gasteiger partial charge in [-0.25, -0.2) is 8.78 Å². The summed E-state index contributed by atoms with van der Waals surface area (Å²) in [5.74, 6) is -0.0359. The van der Waals surface area contributed by atoms with Crippen LogP contribution in [0.5, 0.6) is 5.75 Å². The summed E-state index contributed by atoms with van der Waals surface area (Å²) >= 11 is 0. The summed E-state index contributed by atoms with van der Waals surface area (Å²) in [6.45, 7) is 0.871. The van der Waals surface area contributed by atoms with E-state index >= 15 is 0 Å². The first-order chi connectivity index (χ1) is 9.19. The molecule has 0 aliphatic carbocycles. The normalized spacial score (nSPS) is 9.95. The van der Waals surface area contributed by atoms with E-state index in [2.05, 4.69) is 5.32 Å². The fraction of sp³-hybridized carbons (Fsp3) is 0.200. The SMILES string of the molecule is Br.COc1ccc(CNCc2cc(F)ccc2F)cc1. The van der Waals surface area contributed by atoms with Gasteiger partial charge in [-0.1, -0.05) is 12.1 Å². The van der Waals surface area contributed by atoms with Gasteiger partial charge in [-0.2, -0.15) is 0 Å². The molecule has 2 rings (SSSR count). The number of rotatable bonds is 5. The highest BCUT2D eigenvalue weighted by atomic mass is 79.9. The van der Waals surface area contributed by atoms with Crippen molar-refractivity contribution in [3.63, 3.8) is 0 Å². The van der Waals surface area contributed by atoms with Crippen molar-refractivity contribution < 1.29 is 13.5 Å². The van der Waals surface area contributed by atoms with E-state index in [1.807, 2.05) is 24.3 Å². The molecule has 0 amide bonds. The van der Waals surface area contributed by atoms with Crippen molar-refractivity contribution in [2.75, 3.05) is 7.11 Å². The second-order valence-corrected chi connectivity index (χ2v) is 4.19. The van der Waals surface area contributed by atoms with Gasteiger partial charge >= 0.3 is 0 Å². The van der Waals surface area contributed by atoms with Crippen LogP contribution in [0.1, 0.15) is 11.1 Å². The Labute approximate surface area is 127 Å². The van der Waals surface area contributed by atoms with Crippen LogP contribution in [0, 0.1) is 11.6 Å². The summed E-state index contributed by atoms with van der Waals surface area (Å²) in [4.78, 5) is 0. The average molecular weight is 344 g/mol. The third kappa shape index (κ3) is 4.58. The molecule has 0 radical (unpaired) electrons. The van der Waals surface area contributed by atoms with Crippen LogP contribution in [0.15, 0.2) is 42.5 Å². The zero-order chi connectivity index (χ0) is 13.7. The number of hydrogen-bond donors (Lipinski definition) is 1. The fourth-order valence-electron chi connectivity index (χ4n) is 1.76. The first-order valence-electron chi connectivity index (χ1n) is 5.96. The monoisotopic (exact) mass is 343 g/mol. The molecule has 0 spiro atoms. The summed E-state index contributed by atoms with van der Waals surface area (Å²) in [5, 5.41) is 3.08. The Hall–Kier alpha value is -1.46. The Bertz CT molecular complexity index is 546. The first kappa shape index (κ1) is 16.6. The number of benzene rings is 2. The molecule has 0 atom stereocenters. The maximum absolute atomic E-state index is 13.4. The number of halogens is 3. The van der Waals surface area contributed by atoms with Gasteiger partial charge in [0, 0.05) is 18.7 Å². The van der Waals surface area contributed by atoms with Gasteiger partial charge in [0.25, 0.3) is 0 Å². The zero-order valence-electron chi connectivity index (χ0n) is 11.0. The molecule has 0 unspecified atom stereocenters. The molecular formula is C15H16BrF2NO. The van der Waals surface area contributed by atoms with Gasteiger partial charge in [0.1, 0.15) is 17.4 Å². The quantitative estimate of drug-likeness (QED) is 0.890. The van der Waals surface area contributed by atoms with Crippen molar-refractivity contribution in [1.29, 1.82) is 0 Å². The van der Waals surface area contributed by atoms with Crippen LogP contribution in [0.25, 0.3) is 0 Å². The number of hydrogen-bond acceptors (Lipinski definition) is 2. The summed E-state index contributed by atoms with van der Waals surface area (Å²) < 4.78 is 31.4. The molecule has 2 nitrogen and oxygen atoms in total. The lowest BCUT2D eigenvalue weighted by molar-refractivity contribution is 0.414. The highest BCUT2D eigenvalue weighted by Crippen LogP contribution is 2.12. The van der Waals surface area contributed by atoms with Crippen molar-refractivity contribution >= 4 is 17.0 Å². The molecule has 0 aromatic heterocycles. The smallest absolute Gasteiger partial charge is 0.127 e. The third-order valence-electron chi connectivity index (χ3n) is 2.81. The van der Waals surface area contributed by atoms with Crippen LogP contribution < -0.4 is 10.1 Å². The van der Waals surface area contributed by atoms with Crippen LogP contribution in [-0.2, 0) is 13.1 Å². The predicted octanol–water partition coefficient (Wildman–Crippen LogP) is 3.84. The lowest BCUT2D eigenvalue weighted by atomic mass is 10.2. The third-order valence-corrected chi connectivity index (χ3v) is 2.81. The Kier molecular flexibility index (Phi) is 6.61. The van der Waals surface area contributed by atoms with E-state index in [0.717, 1.165) is 23.4 Å². The van der Waals surface area contributed by atoms with Crippen LogP contribution in [0.4, 0.5) is 8.78 Å². The maximum Gasteiger partial charge on any atom is 0.127 e. The van der Waals surface area contributed by atoms with E-state index in [0.29, 0.717) is 12.1 Å². The second kappa shape index (κ2) is 7.97. The molecule has 1 N–H and O–H groups in total. The van der Waals surface area contributed by atoms with Gasteiger partial charge in [0.05, 0.1) is 7.11 Å². The Morgan fingerprint density at radius 3 is 2.35 bits per heavy atom. The van der Waals surface area contributed by atoms with Crippen LogP contribution in [0.2, 0.25) is 0 Å². The highest BCUT2D eigenvalue weighted by molar-refractivity contribution is 8.93. The molecule has 0 fully saturated rings. The van der Waals surface area contributed by atoms with Crippen molar-refractivity contribution in [2.45, 2.75) is 13.1 Å². The molecule has 5 heteroatoms. The molecule has 20 heavy (non-hydrogen) atoms. The molecule has 108 valence electrons. The molecule has 0 aliphatic rings. The molecule has 0 saturated heterocycles. The zero-order valence-corrected chi connectivity index (χ0v) is 12.7. The van der Waals surface area contributed by atoms with Gasteiger partial charge < -0.3 is 10.1 Å². The van der Waals surface area contributed by atoms with E-state index in [1.54, 1.807) is 7.11 Å². The number of ether oxygens (including phenoxy) is 1. The largest absolute Gasteiger partial charge is 0.497 e. The molecule has 0 heterocycles. The summed E-state index contributed by atoms with van der Waals surface area (Å²) in [7, 11) is 1.61. The number of methoxy groups -OCH3 is 1. The first-order valence-corrected chi connectivity index (χ1v) is 5.96. The second-order valence-electron chi connectivity index (χ2n) is 4.19. The summed E-state index contributed by atoms with van der Waals surface area (Å²) in [5.41, 5.74) is 1.38. The maximum atomic E-state index is 13.4. The molecular weight excluding hydrogens is 328 g/mol. The minimum Gasteiger partial charge on any atom is -0.497 e. The summed E-state index contributed by atoms with van der Waals surface area (Å²) in [6, 6.07) is 11.0. The average Bonchev–Trinajstić information content (AvgIpc) is 2.43. The molecule has 0 aliphatic heterocycles. The standard InChI is InChI=1S/C15H15F2NO.BrH/c1-19-14-5-2-11(3-6-14)9-18-10-12-8-13(16)4-7-15(12)17;/h2-8,18H,9-10H2,1H3;1H. The number of nitrogens with one attached hydrogen (secondary N) is 1. The van der Waals surface area contributed by atoms with Gasteiger partial charge in [-0.15, -0.1) is 17.0 Å². The van der Waals surface area contributed by atoms with E-state index in [4.69, 9.17) is 4.74 Å². The van der Waals surface area contributed by atoms with Crippen molar-refractivity contribution in [3.8, 4) is 5.75 Å². The van der Waals surface area contributed by atoms with Crippen LogP contribution >= 0.6 is 17.0 Å². The van der Waals surface area contributed by atoms with E-state index in [9.17, 15) is 8.78 Å². The highest BCUT2D eigenvalue weighted by Gasteiger charge is 2.03. The van der Waals surface area contributed by atoms with Crippen molar-refractivity contribution in [1.82, 2.24) is 5.32 Å². The van der Waals surface area contributed by atoms with Gasteiger partial charge in [0.15, 0.2) is 0 Å². The lowest BCUT2D eigenvalue weighted by Crippen LogP contribution is -2.13. The topological polar surface area (TPSA) is 21.3 Å². The Balaban J connectivity index is 0.00000200. The molecule has 2 aromatic rings. The van der Waals surface area contributed by atoms with E-state index in [1.165, 1.54) is 6.07 Å². The Morgan fingerprint density at radius 1 is 1.00 bits per heavy atom. The van der Waals surface area contributed by atoms with E-state index < -0.39 is 11.6 Å². The predicted molar refractivity (Wildman–Crippen MR) is 80.2 cm³/mol. The molecule has 0 bridgehead atoms. The van der Waals surface area contributed by atoms with Gasteiger partial charge in [0.2, 0.25) is 0 Å². The lowest BCUT2D eigenvalue weighted by Gasteiger charge is -2.07. The van der Waals surface area contributed by atoms with Crippen LogP contribution in [-0.4, -0.2) is 7.11 Å². The minimum absolute atomic E-state index is 0. The van der Waals surface area contributed by atoms with Crippen molar-refractivity contribution in [2.24, 2.45) is 0 Å². The molecule has 2 aromatic carbocycles. The minimum atomic E-state index is -0.428. The van der Waals surface area contributed by atoms with Crippen LogP contribution in [0.3, 0.4) is 0 Å². The van der Waals surface area contributed by atoms with E-state index in [-0.39, 0.29) is 23.5 Å². The van der Waals surface area contributed by atoms with Gasteiger partial charge in [-0.3, -0.25) is 0 Å². The summed E-state index contributed by atoms with van der Waals surface area (Å²) in [6.07, 6.45) is 0. The fourth-order valence-corrected chi connectivity index (χ4v) is 1.76. The Morgan fingerprint density at radius 2 is 1.70 bits per heavy atom. The van der Waals surface area contributed by atoms with Crippen molar-refractivity contribution in [3.05, 3.63) is 65.2 Å². The molecule has 0 saturated carbocycles.